The van der Waals surface area contributed by atoms with Gasteiger partial charge in [-0.1, -0.05) is 6.92 Å². The van der Waals surface area contributed by atoms with E-state index in [-0.39, 0.29) is 17.3 Å². The van der Waals surface area contributed by atoms with Crippen molar-refractivity contribution >= 4 is 29.0 Å². The number of anilines is 4. The van der Waals surface area contributed by atoms with Crippen LogP contribution in [-0.4, -0.2) is 35.1 Å². The summed E-state index contributed by atoms with van der Waals surface area (Å²) in [5, 5.41) is 14.4. The van der Waals surface area contributed by atoms with Gasteiger partial charge in [-0.15, -0.1) is 0 Å². The van der Waals surface area contributed by atoms with E-state index in [1.165, 1.54) is 0 Å². The summed E-state index contributed by atoms with van der Waals surface area (Å²) in [6, 6.07) is 7.02. The van der Waals surface area contributed by atoms with Crippen LogP contribution in [0, 0.1) is 16.0 Å². The molecule has 0 radical (unpaired) electrons. The zero-order valence-electron chi connectivity index (χ0n) is 14.8. The Hall–Kier alpha value is -3.10. The van der Waals surface area contributed by atoms with Gasteiger partial charge in [0.15, 0.2) is 0 Å². The number of nitro groups is 1. The van der Waals surface area contributed by atoms with Crippen molar-refractivity contribution < 1.29 is 9.66 Å². The molecule has 0 aliphatic carbocycles. The molecule has 9 heteroatoms. The number of benzene rings is 1. The summed E-state index contributed by atoms with van der Waals surface area (Å²) in [5.41, 5.74) is 6.20. The molecule has 2 heterocycles. The van der Waals surface area contributed by atoms with Crippen LogP contribution in [0.4, 0.5) is 29.0 Å². The van der Waals surface area contributed by atoms with Crippen molar-refractivity contribution in [1.82, 2.24) is 9.97 Å². The highest BCUT2D eigenvalue weighted by Gasteiger charge is 2.26. The van der Waals surface area contributed by atoms with Crippen LogP contribution in [0.15, 0.2) is 24.3 Å². The number of hydrogen-bond acceptors (Lipinski definition) is 8. The molecule has 1 saturated heterocycles. The van der Waals surface area contributed by atoms with E-state index >= 15 is 0 Å². The Balaban J connectivity index is 1.96. The van der Waals surface area contributed by atoms with E-state index in [1.54, 1.807) is 31.4 Å². The molecule has 1 aromatic carbocycles. The molecule has 9 nitrogen and oxygen atoms in total. The van der Waals surface area contributed by atoms with Crippen LogP contribution in [0.25, 0.3) is 0 Å². The third kappa shape index (κ3) is 3.76. The number of nitrogens with one attached hydrogen (secondary N) is 1. The molecule has 0 bridgehead atoms. The second kappa shape index (κ2) is 7.42. The topological polar surface area (TPSA) is 119 Å². The lowest BCUT2D eigenvalue weighted by atomic mass is 10.0. The molecular weight excluding hydrogens is 336 g/mol. The van der Waals surface area contributed by atoms with Gasteiger partial charge < -0.3 is 20.7 Å². The number of piperidine rings is 1. The van der Waals surface area contributed by atoms with Crippen molar-refractivity contribution in [2.45, 2.75) is 19.8 Å². The first-order valence-corrected chi connectivity index (χ1v) is 8.46. The first-order chi connectivity index (χ1) is 12.5. The van der Waals surface area contributed by atoms with Gasteiger partial charge in [0.25, 0.3) is 0 Å². The fraction of sp³-hybridized carbons (Fsp3) is 0.412. The summed E-state index contributed by atoms with van der Waals surface area (Å²) in [6.45, 7) is 3.78. The maximum atomic E-state index is 11.4. The minimum Gasteiger partial charge on any atom is -0.497 e. The van der Waals surface area contributed by atoms with Crippen LogP contribution in [0.3, 0.4) is 0 Å². The number of aromatic nitrogens is 2. The first-order valence-electron chi connectivity index (χ1n) is 8.46. The van der Waals surface area contributed by atoms with E-state index in [2.05, 4.69) is 22.2 Å². The molecule has 26 heavy (non-hydrogen) atoms. The van der Waals surface area contributed by atoms with E-state index in [9.17, 15) is 10.1 Å². The summed E-state index contributed by atoms with van der Waals surface area (Å²) in [7, 11) is 1.57. The highest BCUT2D eigenvalue weighted by molar-refractivity contribution is 5.74. The van der Waals surface area contributed by atoms with Crippen molar-refractivity contribution in [3.8, 4) is 5.75 Å². The Labute approximate surface area is 151 Å². The third-order valence-electron chi connectivity index (χ3n) is 4.37. The Kier molecular flexibility index (Phi) is 5.06. The standard InChI is InChI=1S/C17H22N6O3/c1-11-4-3-9-22(10-11)17-20-15(18)14(23(24)25)16(21-17)19-12-5-7-13(26-2)8-6-12/h5-8,11H,3-4,9-10H2,1-2H3,(H3,18,19,20,21)/t11-/m0/s1. The third-order valence-corrected chi connectivity index (χ3v) is 4.37. The number of hydrogen-bond donors (Lipinski definition) is 2. The van der Waals surface area contributed by atoms with Gasteiger partial charge in [0.2, 0.25) is 17.6 Å². The Morgan fingerprint density at radius 3 is 2.69 bits per heavy atom. The van der Waals surface area contributed by atoms with E-state index < -0.39 is 4.92 Å². The number of nitrogen functional groups attached to an aromatic ring is 1. The lowest BCUT2D eigenvalue weighted by molar-refractivity contribution is -0.383. The molecule has 1 fully saturated rings. The minimum absolute atomic E-state index is 0.0842. The molecule has 1 aliphatic rings. The predicted octanol–water partition coefficient (Wildman–Crippen LogP) is 2.96. The molecule has 1 aromatic heterocycles. The van der Waals surface area contributed by atoms with Crippen LogP contribution in [0.1, 0.15) is 19.8 Å². The van der Waals surface area contributed by atoms with E-state index in [0.717, 1.165) is 25.9 Å². The van der Waals surface area contributed by atoms with Gasteiger partial charge in [0.1, 0.15) is 5.75 Å². The van der Waals surface area contributed by atoms with Gasteiger partial charge >= 0.3 is 5.69 Å². The van der Waals surface area contributed by atoms with E-state index in [0.29, 0.717) is 23.3 Å². The van der Waals surface area contributed by atoms with E-state index in [4.69, 9.17) is 10.5 Å². The highest BCUT2D eigenvalue weighted by Crippen LogP contribution is 2.33. The summed E-state index contributed by atoms with van der Waals surface area (Å²) < 4.78 is 5.12. The van der Waals surface area contributed by atoms with Gasteiger partial charge in [0, 0.05) is 18.8 Å². The Morgan fingerprint density at radius 1 is 1.35 bits per heavy atom. The number of nitrogens with two attached hydrogens (primary N) is 1. The normalized spacial score (nSPS) is 17.0. The second-order valence-corrected chi connectivity index (χ2v) is 6.41. The minimum atomic E-state index is -0.566. The quantitative estimate of drug-likeness (QED) is 0.618. The molecule has 0 spiro atoms. The molecule has 2 aromatic rings. The number of nitrogens with zero attached hydrogens (tertiary/aromatic N) is 4. The second-order valence-electron chi connectivity index (χ2n) is 6.41. The molecule has 0 unspecified atom stereocenters. The maximum absolute atomic E-state index is 11.4. The fourth-order valence-corrected chi connectivity index (χ4v) is 3.05. The van der Waals surface area contributed by atoms with Gasteiger partial charge in [0.05, 0.1) is 12.0 Å². The molecular formula is C17H22N6O3. The largest absolute Gasteiger partial charge is 0.497 e. The fourth-order valence-electron chi connectivity index (χ4n) is 3.05. The Morgan fingerprint density at radius 2 is 2.08 bits per heavy atom. The maximum Gasteiger partial charge on any atom is 0.353 e. The zero-order valence-corrected chi connectivity index (χ0v) is 14.8. The average Bonchev–Trinajstić information content (AvgIpc) is 2.61. The molecule has 3 N–H and O–H groups in total. The van der Waals surface area contributed by atoms with Crippen molar-refractivity contribution in [3.05, 3.63) is 34.4 Å². The van der Waals surface area contributed by atoms with Crippen LogP contribution >= 0.6 is 0 Å². The first kappa shape index (κ1) is 17.7. The summed E-state index contributed by atoms with van der Waals surface area (Å²) in [6.07, 6.45) is 2.18. The van der Waals surface area contributed by atoms with Crippen LogP contribution in [0.2, 0.25) is 0 Å². The number of ether oxygens (including phenoxy) is 1. The van der Waals surface area contributed by atoms with Crippen molar-refractivity contribution in [3.63, 3.8) is 0 Å². The SMILES string of the molecule is COc1ccc(Nc2nc(N3CCC[C@H](C)C3)nc(N)c2[N+](=O)[O-])cc1. The predicted molar refractivity (Wildman–Crippen MR) is 100.0 cm³/mol. The molecule has 1 aliphatic heterocycles. The summed E-state index contributed by atoms with van der Waals surface area (Å²) in [4.78, 5) is 21.5. The number of rotatable bonds is 5. The van der Waals surface area contributed by atoms with Gasteiger partial charge in [-0.25, -0.2) is 0 Å². The van der Waals surface area contributed by atoms with Crippen LogP contribution < -0.4 is 20.7 Å². The van der Waals surface area contributed by atoms with Crippen molar-refractivity contribution in [2.75, 3.05) is 36.1 Å². The van der Waals surface area contributed by atoms with Gasteiger partial charge in [-0.2, -0.15) is 9.97 Å². The molecule has 0 saturated carbocycles. The van der Waals surface area contributed by atoms with E-state index in [1.807, 2.05) is 4.90 Å². The summed E-state index contributed by atoms with van der Waals surface area (Å²) >= 11 is 0. The smallest absolute Gasteiger partial charge is 0.353 e. The van der Waals surface area contributed by atoms with Crippen molar-refractivity contribution in [1.29, 1.82) is 0 Å². The van der Waals surface area contributed by atoms with Gasteiger partial charge in [-0.05, 0) is 43.0 Å². The van der Waals surface area contributed by atoms with Gasteiger partial charge in [-0.3, -0.25) is 10.1 Å². The lowest BCUT2D eigenvalue weighted by Crippen LogP contribution is -2.35. The average molecular weight is 358 g/mol. The molecule has 0 amide bonds. The summed E-state index contributed by atoms with van der Waals surface area (Å²) in [5.74, 6) is 1.56. The molecule has 138 valence electrons. The molecule has 3 rings (SSSR count). The van der Waals surface area contributed by atoms with Crippen molar-refractivity contribution in [2.24, 2.45) is 5.92 Å². The Bertz CT molecular complexity index is 796. The van der Waals surface area contributed by atoms with Crippen LogP contribution in [-0.2, 0) is 0 Å². The number of methoxy groups -OCH3 is 1. The monoisotopic (exact) mass is 358 g/mol. The lowest BCUT2D eigenvalue weighted by Gasteiger charge is -2.31. The van der Waals surface area contributed by atoms with Crippen LogP contribution in [0.5, 0.6) is 5.75 Å². The zero-order chi connectivity index (χ0) is 18.7. The molecule has 1 atom stereocenters. The highest BCUT2D eigenvalue weighted by atomic mass is 16.6.